The molecule has 2 N–H and O–H groups in total. The molecule has 0 aliphatic carbocycles. The van der Waals surface area contributed by atoms with Crippen LogP contribution in [0.15, 0.2) is 24.8 Å². The normalized spacial score (nSPS) is 12.3. The fraction of sp³-hybridized carbons (Fsp3) is 0.360. The zero-order chi connectivity index (χ0) is 22.0. The van der Waals surface area contributed by atoms with E-state index in [0.717, 1.165) is 75.9 Å². The summed E-state index contributed by atoms with van der Waals surface area (Å²) in [6.07, 6.45) is 2.07. The molecule has 0 saturated heterocycles. The second kappa shape index (κ2) is 8.92. The summed E-state index contributed by atoms with van der Waals surface area (Å²) in [6.45, 7) is 20.9. The molecule has 30 heavy (non-hydrogen) atoms. The highest BCUT2D eigenvalue weighted by Crippen LogP contribution is 2.24. The predicted molar refractivity (Wildman–Crippen MR) is 126 cm³/mol. The van der Waals surface area contributed by atoms with E-state index in [9.17, 15) is 4.39 Å². The molecule has 0 spiro atoms. The highest BCUT2D eigenvalue weighted by Gasteiger charge is 2.14. The molecule has 0 aliphatic rings. The Morgan fingerprint density at radius 2 is 1.97 bits per heavy atom. The monoisotopic (exact) mass is 408 g/mol. The molecule has 0 fully saturated rings. The minimum Gasteiger partial charge on any atom is -0.384 e. The van der Waals surface area contributed by atoms with Crippen molar-refractivity contribution in [1.29, 1.82) is 0 Å². The standard InChI is InChI=1S/C25H33FN4/c1-8-30(9-2)13-12-27-17(4)25-16(3)23(28-18(25)5)15-21-19(6)29(7)24-11-10-20(26)14-22(21)24/h10-11,14-15,27-28H,4,6,8-9,12-13H2,1-3,5,7H3/b21-15+. The second-order valence-corrected chi connectivity index (χ2v) is 7.82. The Labute approximate surface area is 178 Å². The smallest absolute Gasteiger partial charge is 0.123 e. The Balaban J connectivity index is 1.96. The van der Waals surface area contributed by atoms with E-state index in [2.05, 4.69) is 62.1 Å². The number of likely N-dealkylation sites (N-methyl/N-ethyl adjacent to an activating group) is 1. The summed E-state index contributed by atoms with van der Waals surface area (Å²) >= 11 is 0. The first-order chi connectivity index (χ1) is 14.3. The number of fused-ring (bicyclic) bond motifs is 1. The topological polar surface area (TPSA) is 36.0 Å². The molecule has 3 aromatic rings. The second-order valence-electron chi connectivity index (χ2n) is 7.82. The zero-order valence-electron chi connectivity index (χ0n) is 18.8. The molecule has 1 aromatic carbocycles. The van der Waals surface area contributed by atoms with Gasteiger partial charge in [-0.2, -0.15) is 0 Å². The lowest BCUT2D eigenvalue weighted by Gasteiger charge is -2.19. The first-order valence-corrected chi connectivity index (χ1v) is 10.6. The number of aromatic nitrogens is 2. The van der Waals surface area contributed by atoms with Crippen LogP contribution in [-0.2, 0) is 7.05 Å². The van der Waals surface area contributed by atoms with Gasteiger partial charge in [0.15, 0.2) is 0 Å². The van der Waals surface area contributed by atoms with Crippen molar-refractivity contribution in [2.45, 2.75) is 27.7 Å². The van der Waals surface area contributed by atoms with E-state index in [0.29, 0.717) is 0 Å². The minimum absolute atomic E-state index is 0.242. The van der Waals surface area contributed by atoms with Crippen LogP contribution in [0.4, 0.5) is 4.39 Å². The molecule has 2 heterocycles. The van der Waals surface area contributed by atoms with Gasteiger partial charge in [-0.05, 0) is 56.8 Å². The number of hydrogen-bond acceptors (Lipinski definition) is 2. The molecule has 160 valence electrons. The third-order valence-electron chi connectivity index (χ3n) is 6.05. The first-order valence-electron chi connectivity index (χ1n) is 10.6. The lowest BCUT2D eigenvalue weighted by atomic mass is 10.1. The van der Waals surface area contributed by atoms with Gasteiger partial charge in [-0.15, -0.1) is 0 Å². The summed E-state index contributed by atoms with van der Waals surface area (Å²) in [5.41, 5.74) is 6.19. The van der Waals surface area contributed by atoms with Crippen molar-refractivity contribution < 1.29 is 4.39 Å². The van der Waals surface area contributed by atoms with Crippen molar-refractivity contribution in [2.24, 2.45) is 7.05 Å². The van der Waals surface area contributed by atoms with Crippen LogP contribution in [0.5, 0.6) is 0 Å². The van der Waals surface area contributed by atoms with Gasteiger partial charge in [0.1, 0.15) is 5.82 Å². The Hall–Kier alpha value is -2.79. The minimum atomic E-state index is -0.242. The lowest BCUT2D eigenvalue weighted by Crippen LogP contribution is -2.31. The lowest BCUT2D eigenvalue weighted by molar-refractivity contribution is 0.308. The highest BCUT2D eigenvalue weighted by atomic mass is 19.1. The SMILES string of the molecule is C=C(NCCN(CC)CC)c1c(C)[nH]c(/C=c2\c(=C)n(C)c3ccc(F)cc23)c1C. The highest BCUT2D eigenvalue weighted by molar-refractivity contribution is 5.83. The van der Waals surface area contributed by atoms with E-state index in [1.54, 1.807) is 12.1 Å². The largest absolute Gasteiger partial charge is 0.384 e. The van der Waals surface area contributed by atoms with E-state index in [1.807, 2.05) is 11.6 Å². The number of benzene rings is 1. The molecule has 4 nitrogen and oxygen atoms in total. The van der Waals surface area contributed by atoms with Gasteiger partial charge in [-0.1, -0.05) is 27.0 Å². The number of nitrogens with zero attached hydrogens (tertiary/aromatic N) is 2. The summed E-state index contributed by atoms with van der Waals surface area (Å²) in [6, 6.07) is 4.87. The summed E-state index contributed by atoms with van der Waals surface area (Å²) in [5.74, 6) is -0.242. The van der Waals surface area contributed by atoms with Gasteiger partial charge in [0.25, 0.3) is 0 Å². The summed E-state index contributed by atoms with van der Waals surface area (Å²) in [7, 11) is 1.96. The van der Waals surface area contributed by atoms with Crippen molar-refractivity contribution in [3.05, 3.63) is 63.7 Å². The molecule has 5 heteroatoms. The average Bonchev–Trinajstić information content (AvgIpc) is 3.12. The molecule has 0 atom stereocenters. The van der Waals surface area contributed by atoms with E-state index in [1.165, 1.54) is 6.07 Å². The molecular formula is C25H33FN4. The van der Waals surface area contributed by atoms with Gasteiger partial charge in [-0.25, -0.2) is 4.39 Å². The molecule has 0 bridgehead atoms. The predicted octanol–water partition coefficient (Wildman–Crippen LogP) is 3.40. The molecule has 0 unspecified atom stereocenters. The average molecular weight is 409 g/mol. The van der Waals surface area contributed by atoms with Gasteiger partial charge in [0.2, 0.25) is 0 Å². The molecule has 3 rings (SSSR count). The number of aromatic amines is 1. The van der Waals surface area contributed by atoms with E-state index >= 15 is 0 Å². The molecule has 2 aromatic heterocycles. The Morgan fingerprint density at radius 1 is 1.27 bits per heavy atom. The Bertz CT molecular complexity index is 1180. The van der Waals surface area contributed by atoms with Crippen LogP contribution in [0.1, 0.15) is 36.4 Å². The maximum Gasteiger partial charge on any atom is 0.123 e. The fourth-order valence-corrected chi connectivity index (χ4v) is 4.17. The van der Waals surface area contributed by atoms with Crippen LogP contribution in [0.2, 0.25) is 0 Å². The van der Waals surface area contributed by atoms with Crippen molar-refractivity contribution in [2.75, 3.05) is 26.2 Å². The Morgan fingerprint density at radius 3 is 2.63 bits per heavy atom. The van der Waals surface area contributed by atoms with Crippen LogP contribution in [0.3, 0.4) is 0 Å². The van der Waals surface area contributed by atoms with Crippen molar-refractivity contribution >= 4 is 29.3 Å². The number of hydrogen-bond donors (Lipinski definition) is 2. The van der Waals surface area contributed by atoms with Crippen LogP contribution < -0.4 is 15.9 Å². The third kappa shape index (κ3) is 4.08. The maximum absolute atomic E-state index is 13.9. The van der Waals surface area contributed by atoms with Crippen LogP contribution in [0.25, 0.3) is 29.3 Å². The van der Waals surface area contributed by atoms with Gasteiger partial charge in [0.05, 0.1) is 0 Å². The summed E-state index contributed by atoms with van der Waals surface area (Å²) in [4.78, 5) is 5.86. The van der Waals surface area contributed by atoms with Gasteiger partial charge in [0, 0.05) is 64.3 Å². The molecule has 0 aliphatic heterocycles. The quantitative estimate of drug-likeness (QED) is 0.599. The number of halogens is 1. The zero-order valence-corrected chi connectivity index (χ0v) is 18.8. The molecule has 0 amide bonds. The number of aryl methyl sites for hydroxylation is 2. The molecule has 0 saturated carbocycles. The van der Waals surface area contributed by atoms with Crippen LogP contribution >= 0.6 is 0 Å². The fourth-order valence-electron chi connectivity index (χ4n) is 4.17. The van der Waals surface area contributed by atoms with E-state index in [4.69, 9.17) is 0 Å². The summed E-state index contributed by atoms with van der Waals surface area (Å²) < 4.78 is 15.9. The first kappa shape index (κ1) is 21.9. The molecule has 0 radical (unpaired) electrons. The van der Waals surface area contributed by atoms with Crippen molar-refractivity contribution in [3.8, 4) is 0 Å². The van der Waals surface area contributed by atoms with Crippen LogP contribution in [-0.4, -0.2) is 40.6 Å². The van der Waals surface area contributed by atoms with Crippen LogP contribution in [0, 0.1) is 19.7 Å². The van der Waals surface area contributed by atoms with Crippen molar-refractivity contribution in [1.82, 2.24) is 19.8 Å². The summed E-state index contributed by atoms with van der Waals surface area (Å²) in [5, 5.41) is 6.14. The van der Waals surface area contributed by atoms with E-state index < -0.39 is 0 Å². The van der Waals surface area contributed by atoms with Gasteiger partial charge >= 0.3 is 0 Å². The Kier molecular flexibility index (Phi) is 6.52. The van der Waals surface area contributed by atoms with Gasteiger partial charge < -0.3 is 19.8 Å². The number of nitrogens with one attached hydrogen (secondary N) is 2. The van der Waals surface area contributed by atoms with E-state index in [-0.39, 0.29) is 5.82 Å². The maximum atomic E-state index is 13.9. The van der Waals surface area contributed by atoms with Crippen molar-refractivity contribution in [3.63, 3.8) is 0 Å². The number of H-pyrrole nitrogens is 1. The third-order valence-corrected chi connectivity index (χ3v) is 6.05. The molecular weight excluding hydrogens is 375 g/mol. The number of rotatable bonds is 8. The van der Waals surface area contributed by atoms with Gasteiger partial charge in [-0.3, -0.25) is 0 Å².